The Morgan fingerprint density at radius 1 is 1.10 bits per heavy atom. The van der Waals surface area contributed by atoms with Crippen molar-refractivity contribution in [3.05, 3.63) is 59.4 Å². The minimum absolute atomic E-state index is 0.0909. The fourth-order valence-corrected chi connectivity index (χ4v) is 1.81. The number of carboxylic acids is 1. The van der Waals surface area contributed by atoms with Crippen molar-refractivity contribution in [1.29, 1.82) is 0 Å². The van der Waals surface area contributed by atoms with Crippen molar-refractivity contribution in [3.8, 4) is 5.75 Å². The highest BCUT2D eigenvalue weighted by Crippen LogP contribution is 2.22. The summed E-state index contributed by atoms with van der Waals surface area (Å²) in [5.41, 5.74) is 0.349. The summed E-state index contributed by atoms with van der Waals surface area (Å²) in [5, 5.41) is 18.4. The summed E-state index contributed by atoms with van der Waals surface area (Å²) < 4.78 is 13.2. The largest absolute Gasteiger partial charge is 0.507 e. The van der Waals surface area contributed by atoms with Crippen molar-refractivity contribution in [3.63, 3.8) is 0 Å². The Morgan fingerprint density at radius 2 is 1.71 bits per heavy atom. The molecule has 0 heterocycles. The Kier molecular flexibility index (Phi) is 3.89. The maximum absolute atomic E-state index is 13.2. The second-order valence-electron chi connectivity index (χ2n) is 4.38. The van der Waals surface area contributed by atoms with E-state index in [1.54, 1.807) is 0 Å². The predicted octanol–water partition coefficient (Wildman–Crippen LogP) is 2.51. The lowest BCUT2D eigenvalue weighted by atomic mass is 10.1. The predicted molar refractivity (Wildman–Crippen MR) is 74.2 cm³/mol. The molecule has 0 bridgehead atoms. The lowest BCUT2D eigenvalue weighted by Crippen LogP contribution is -2.26. The first-order valence-electron chi connectivity index (χ1n) is 6.00. The first-order valence-corrected chi connectivity index (χ1v) is 6.00. The third kappa shape index (κ3) is 3.00. The summed E-state index contributed by atoms with van der Waals surface area (Å²) in [6, 6.07) is 8.71. The number of anilines is 1. The van der Waals surface area contributed by atoms with Crippen molar-refractivity contribution < 1.29 is 24.2 Å². The van der Waals surface area contributed by atoms with E-state index in [-0.39, 0.29) is 16.9 Å². The van der Waals surface area contributed by atoms with E-state index in [1.807, 2.05) is 0 Å². The van der Waals surface area contributed by atoms with Crippen LogP contribution < -0.4 is 4.90 Å². The molecular formula is C15H12FNO4. The van der Waals surface area contributed by atoms with Crippen LogP contribution >= 0.6 is 0 Å². The highest BCUT2D eigenvalue weighted by atomic mass is 19.1. The minimum atomic E-state index is -1.07. The van der Waals surface area contributed by atoms with E-state index >= 15 is 0 Å². The molecular weight excluding hydrogens is 277 g/mol. The average molecular weight is 289 g/mol. The number of benzene rings is 2. The molecule has 5 nitrogen and oxygen atoms in total. The second kappa shape index (κ2) is 5.62. The van der Waals surface area contributed by atoms with Crippen molar-refractivity contribution >= 4 is 17.6 Å². The number of rotatable bonds is 3. The molecule has 2 rings (SSSR count). The maximum Gasteiger partial charge on any atom is 0.335 e. The molecule has 1 amide bonds. The molecule has 0 fully saturated rings. The van der Waals surface area contributed by atoms with Crippen LogP contribution in [0.15, 0.2) is 42.5 Å². The number of carbonyl (C=O) groups is 2. The van der Waals surface area contributed by atoms with Crippen LogP contribution in [0.4, 0.5) is 10.1 Å². The number of phenols is 1. The Balaban J connectivity index is 2.30. The quantitative estimate of drug-likeness (QED) is 0.910. The molecule has 108 valence electrons. The number of aromatic hydroxyl groups is 1. The molecule has 0 atom stereocenters. The molecule has 0 aliphatic heterocycles. The van der Waals surface area contributed by atoms with E-state index < -0.39 is 17.7 Å². The summed E-state index contributed by atoms with van der Waals surface area (Å²) in [5.74, 6) is -2.63. The molecule has 0 aliphatic rings. The van der Waals surface area contributed by atoms with Gasteiger partial charge in [-0.25, -0.2) is 9.18 Å². The van der Waals surface area contributed by atoms with Crippen LogP contribution in [0.5, 0.6) is 5.75 Å². The smallest absolute Gasteiger partial charge is 0.335 e. The first-order chi connectivity index (χ1) is 9.90. The van der Waals surface area contributed by atoms with E-state index in [4.69, 9.17) is 5.11 Å². The van der Waals surface area contributed by atoms with Gasteiger partial charge in [0.1, 0.15) is 11.6 Å². The third-order valence-electron chi connectivity index (χ3n) is 3.00. The topological polar surface area (TPSA) is 77.8 Å². The van der Waals surface area contributed by atoms with Gasteiger partial charge in [-0.2, -0.15) is 0 Å². The Morgan fingerprint density at radius 3 is 2.29 bits per heavy atom. The summed E-state index contributed by atoms with van der Waals surface area (Å²) in [7, 11) is 1.45. The average Bonchev–Trinajstić information content (AvgIpc) is 2.48. The van der Waals surface area contributed by atoms with Crippen LogP contribution in [0.1, 0.15) is 20.7 Å². The molecule has 0 unspecified atom stereocenters. The highest BCUT2D eigenvalue weighted by Gasteiger charge is 2.18. The zero-order valence-electron chi connectivity index (χ0n) is 11.1. The van der Waals surface area contributed by atoms with E-state index in [2.05, 4.69) is 0 Å². The van der Waals surface area contributed by atoms with Crippen LogP contribution in [-0.2, 0) is 0 Å². The van der Waals surface area contributed by atoms with E-state index in [0.29, 0.717) is 5.69 Å². The standard InChI is InChI=1S/C15H12FNO4/c1-17(11-5-2-9(3-6-11)15(20)21)14(19)12-8-10(16)4-7-13(12)18/h2-8,18H,1H3,(H,20,21). The molecule has 0 spiro atoms. The molecule has 2 aromatic rings. The number of amides is 1. The fraction of sp³-hybridized carbons (Fsp3) is 0.0667. The van der Waals surface area contributed by atoms with E-state index in [1.165, 1.54) is 36.2 Å². The van der Waals surface area contributed by atoms with E-state index in [9.17, 15) is 19.1 Å². The van der Waals surface area contributed by atoms with Gasteiger partial charge in [0.05, 0.1) is 11.1 Å². The summed E-state index contributed by atoms with van der Waals surface area (Å²) >= 11 is 0. The number of halogens is 1. The summed E-state index contributed by atoms with van der Waals surface area (Å²) in [4.78, 5) is 24.2. The van der Waals surface area contributed by atoms with Gasteiger partial charge in [0.15, 0.2) is 0 Å². The molecule has 6 heteroatoms. The lowest BCUT2D eigenvalue weighted by molar-refractivity contribution is 0.0696. The van der Waals surface area contributed by atoms with Crippen LogP contribution in [0.3, 0.4) is 0 Å². The number of nitrogens with zero attached hydrogens (tertiary/aromatic N) is 1. The third-order valence-corrected chi connectivity index (χ3v) is 3.00. The van der Waals surface area contributed by atoms with Crippen molar-refractivity contribution in [2.75, 3.05) is 11.9 Å². The Hall–Kier alpha value is -2.89. The molecule has 21 heavy (non-hydrogen) atoms. The van der Waals surface area contributed by atoms with Crippen LogP contribution in [0, 0.1) is 5.82 Å². The molecule has 2 N–H and O–H groups in total. The van der Waals surface area contributed by atoms with E-state index in [0.717, 1.165) is 18.2 Å². The van der Waals surface area contributed by atoms with Gasteiger partial charge in [0.25, 0.3) is 5.91 Å². The number of aromatic carboxylic acids is 1. The number of carboxylic acid groups (broad SMARTS) is 1. The monoisotopic (exact) mass is 289 g/mol. The van der Waals surface area contributed by atoms with Crippen LogP contribution in [-0.4, -0.2) is 29.1 Å². The van der Waals surface area contributed by atoms with Gasteiger partial charge in [-0.1, -0.05) is 0 Å². The number of hydrogen-bond donors (Lipinski definition) is 2. The Labute approximate surface area is 119 Å². The van der Waals surface area contributed by atoms with Gasteiger partial charge in [-0.3, -0.25) is 4.79 Å². The minimum Gasteiger partial charge on any atom is -0.507 e. The molecule has 2 aromatic carbocycles. The van der Waals surface area contributed by atoms with Gasteiger partial charge < -0.3 is 15.1 Å². The summed E-state index contributed by atoms with van der Waals surface area (Å²) in [6.45, 7) is 0. The second-order valence-corrected chi connectivity index (χ2v) is 4.38. The first kappa shape index (κ1) is 14.5. The molecule has 0 saturated carbocycles. The molecule has 0 aromatic heterocycles. The van der Waals surface area contributed by atoms with Gasteiger partial charge in [-0.05, 0) is 42.5 Å². The molecule has 0 aliphatic carbocycles. The molecule has 0 radical (unpaired) electrons. The van der Waals surface area contributed by atoms with Crippen molar-refractivity contribution in [2.24, 2.45) is 0 Å². The van der Waals surface area contributed by atoms with Crippen LogP contribution in [0.2, 0.25) is 0 Å². The molecule has 0 saturated heterocycles. The summed E-state index contributed by atoms with van der Waals surface area (Å²) in [6.07, 6.45) is 0. The van der Waals surface area contributed by atoms with Gasteiger partial charge >= 0.3 is 5.97 Å². The van der Waals surface area contributed by atoms with Gasteiger partial charge in [0.2, 0.25) is 0 Å². The van der Waals surface area contributed by atoms with Gasteiger partial charge in [-0.15, -0.1) is 0 Å². The normalized spacial score (nSPS) is 10.2. The zero-order valence-corrected chi connectivity index (χ0v) is 11.1. The van der Waals surface area contributed by atoms with Crippen molar-refractivity contribution in [1.82, 2.24) is 0 Å². The SMILES string of the molecule is CN(C(=O)c1cc(F)ccc1O)c1ccc(C(=O)O)cc1. The van der Waals surface area contributed by atoms with Gasteiger partial charge in [0, 0.05) is 12.7 Å². The lowest BCUT2D eigenvalue weighted by Gasteiger charge is -2.18. The van der Waals surface area contributed by atoms with Crippen LogP contribution in [0.25, 0.3) is 0 Å². The fourth-order valence-electron chi connectivity index (χ4n) is 1.81. The Bertz CT molecular complexity index is 697. The number of carbonyl (C=O) groups excluding carboxylic acids is 1. The number of phenolic OH excluding ortho intramolecular Hbond substituents is 1. The highest BCUT2D eigenvalue weighted by molar-refractivity contribution is 6.07. The van der Waals surface area contributed by atoms with Crippen molar-refractivity contribution in [2.45, 2.75) is 0 Å². The maximum atomic E-state index is 13.2. The number of hydrogen-bond acceptors (Lipinski definition) is 3. The zero-order chi connectivity index (χ0) is 15.6.